The Hall–Kier alpha value is -2.64. The van der Waals surface area contributed by atoms with E-state index in [1.807, 2.05) is 37.3 Å². The Morgan fingerprint density at radius 3 is 2.86 bits per heavy atom. The molecule has 0 fully saturated rings. The molecular weight excluding hydrogens is 396 g/mol. The van der Waals surface area contributed by atoms with E-state index in [1.54, 1.807) is 19.1 Å². The first kappa shape index (κ1) is 18.7. The number of aryl methyl sites for hydroxylation is 1. The molecule has 0 aromatic heterocycles. The van der Waals surface area contributed by atoms with Crippen molar-refractivity contribution in [3.8, 4) is 0 Å². The van der Waals surface area contributed by atoms with Crippen molar-refractivity contribution < 1.29 is 9.59 Å². The van der Waals surface area contributed by atoms with E-state index in [4.69, 9.17) is 11.6 Å². The van der Waals surface area contributed by atoms with Crippen molar-refractivity contribution in [1.82, 2.24) is 4.90 Å². The molecule has 2 amide bonds. The van der Waals surface area contributed by atoms with Gasteiger partial charge in [-0.25, -0.2) is 9.89 Å². The Morgan fingerprint density at radius 1 is 1.29 bits per heavy atom. The number of carbonyl (C=O) groups is 2. The van der Waals surface area contributed by atoms with Gasteiger partial charge in [-0.1, -0.05) is 41.6 Å². The maximum atomic E-state index is 12.6. The molecule has 0 bridgehead atoms. The number of carbonyl (C=O) groups excluding carboxylic acids is 2. The van der Waals surface area contributed by atoms with E-state index in [1.165, 1.54) is 16.7 Å². The van der Waals surface area contributed by atoms with Gasteiger partial charge in [0.1, 0.15) is 11.9 Å². The van der Waals surface area contributed by atoms with Crippen LogP contribution in [0.15, 0.2) is 52.4 Å². The quantitative estimate of drug-likeness (QED) is 0.827. The fourth-order valence-corrected chi connectivity index (χ4v) is 4.09. The van der Waals surface area contributed by atoms with Crippen molar-refractivity contribution in [3.63, 3.8) is 0 Å². The van der Waals surface area contributed by atoms with Crippen LogP contribution < -0.4 is 5.32 Å². The largest absolute Gasteiger partial charge is 0.324 e. The monoisotopic (exact) mass is 412 g/mol. The first-order chi connectivity index (χ1) is 13.4. The first-order valence-electron chi connectivity index (χ1n) is 8.72. The van der Waals surface area contributed by atoms with Crippen molar-refractivity contribution in [1.29, 1.82) is 0 Å². The summed E-state index contributed by atoms with van der Waals surface area (Å²) in [5, 5.41) is 3.74. The van der Waals surface area contributed by atoms with Crippen molar-refractivity contribution in [2.24, 2.45) is 9.98 Å². The molecule has 28 heavy (non-hydrogen) atoms. The number of nitrogens with zero attached hydrogens (tertiary/aromatic N) is 3. The van der Waals surface area contributed by atoms with E-state index in [9.17, 15) is 9.59 Å². The van der Waals surface area contributed by atoms with Crippen LogP contribution in [-0.2, 0) is 9.59 Å². The molecule has 0 saturated heterocycles. The topological polar surface area (TPSA) is 74.1 Å². The van der Waals surface area contributed by atoms with Gasteiger partial charge in [0.2, 0.25) is 5.91 Å². The summed E-state index contributed by atoms with van der Waals surface area (Å²) in [4.78, 5) is 35.5. The van der Waals surface area contributed by atoms with Crippen molar-refractivity contribution in [2.45, 2.75) is 19.9 Å². The SMILES string of the molecule is Cc1ccc(NC(=O)CSC2=Nc3ccccc3C3=N[C@@H](C)C(=O)N23)c(Cl)c1. The lowest BCUT2D eigenvalue weighted by Crippen LogP contribution is -2.41. The molecule has 142 valence electrons. The van der Waals surface area contributed by atoms with Crippen LogP contribution in [0.5, 0.6) is 0 Å². The van der Waals surface area contributed by atoms with Gasteiger partial charge >= 0.3 is 0 Å². The molecule has 2 aliphatic rings. The van der Waals surface area contributed by atoms with Gasteiger partial charge in [-0.3, -0.25) is 14.6 Å². The molecule has 2 aromatic carbocycles. The zero-order chi connectivity index (χ0) is 19.8. The average molecular weight is 413 g/mol. The molecule has 2 aromatic rings. The van der Waals surface area contributed by atoms with Crippen LogP contribution in [-0.4, -0.2) is 39.5 Å². The van der Waals surface area contributed by atoms with Crippen LogP contribution in [0.4, 0.5) is 11.4 Å². The number of hydrogen-bond acceptors (Lipinski definition) is 5. The summed E-state index contributed by atoms with van der Waals surface area (Å²) < 4.78 is 0. The van der Waals surface area contributed by atoms with Gasteiger partial charge in [0.15, 0.2) is 5.17 Å². The number of rotatable bonds is 3. The highest BCUT2D eigenvalue weighted by Crippen LogP contribution is 2.33. The molecule has 0 saturated carbocycles. The van der Waals surface area contributed by atoms with E-state index in [0.717, 1.165) is 16.8 Å². The number of para-hydroxylation sites is 1. The Morgan fingerprint density at radius 2 is 2.07 bits per heavy atom. The summed E-state index contributed by atoms with van der Waals surface area (Å²) in [7, 11) is 0. The normalized spacial score (nSPS) is 17.6. The first-order valence-corrected chi connectivity index (χ1v) is 10.1. The molecule has 0 aliphatic carbocycles. The highest BCUT2D eigenvalue weighted by molar-refractivity contribution is 8.14. The highest BCUT2D eigenvalue weighted by Gasteiger charge is 2.39. The van der Waals surface area contributed by atoms with Gasteiger partial charge in [-0.15, -0.1) is 0 Å². The van der Waals surface area contributed by atoms with Crippen LogP contribution in [0.1, 0.15) is 18.1 Å². The molecular formula is C20H17ClN4O2S. The fourth-order valence-electron chi connectivity index (χ4n) is 3.01. The molecule has 8 heteroatoms. The zero-order valence-corrected chi connectivity index (χ0v) is 16.8. The molecule has 0 unspecified atom stereocenters. The average Bonchev–Trinajstić information content (AvgIpc) is 2.97. The van der Waals surface area contributed by atoms with Crippen LogP contribution >= 0.6 is 23.4 Å². The van der Waals surface area contributed by atoms with E-state index in [-0.39, 0.29) is 17.6 Å². The van der Waals surface area contributed by atoms with Crippen LogP contribution in [0.2, 0.25) is 5.02 Å². The standard InChI is InChI=1S/C20H17ClN4O2S/c1-11-7-8-16(14(21)9-11)23-17(26)10-28-20-24-15-6-4-3-5-13(15)18-22-12(2)19(27)25(18)20/h3-9,12H,10H2,1-2H3,(H,23,26)/t12-/m0/s1. The number of aliphatic imine (C=N–C) groups is 2. The lowest BCUT2D eigenvalue weighted by atomic mass is 10.1. The molecule has 0 spiro atoms. The number of hydrogen-bond donors (Lipinski definition) is 1. The number of fused-ring (bicyclic) bond motifs is 3. The molecule has 1 N–H and O–H groups in total. The molecule has 6 nitrogen and oxygen atoms in total. The fraction of sp³-hybridized carbons (Fsp3) is 0.200. The van der Waals surface area contributed by atoms with Crippen molar-refractivity contribution >= 4 is 57.6 Å². The molecule has 0 radical (unpaired) electrons. The Bertz CT molecular complexity index is 1050. The third kappa shape index (κ3) is 3.43. The third-order valence-corrected chi connectivity index (χ3v) is 5.64. The van der Waals surface area contributed by atoms with Gasteiger partial charge in [-0.2, -0.15) is 0 Å². The van der Waals surface area contributed by atoms with E-state index in [0.29, 0.717) is 21.7 Å². The summed E-state index contributed by atoms with van der Waals surface area (Å²) in [6.45, 7) is 3.68. The van der Waals surface area contributed by atoms with Gasteiger partial charge in [0.05, 0.1) is 22.2 Å². The number of anilines is 1. The number of amides is 2. The van der Waals surface area contributed by atoms with E-state index >= 15 is 0 Å². The Labute approximate surface area is 171 Å². The summed E-state index contributed by atoms with van der Waals surface area (Å²) in [6.07, 6.45) is 0. The van der Waals surface area contributed by atoms with Gasteiger partial charge < -0.3 is 5.32 Å². The summed E-state index contributed by atoms with van der Waals surface area (Å²) in [5.41, 5.74) is 3.13. The number of nitrogens with one attached hydrogen (secondary N) is 1. The predicted molar refractivity (Wildman–Crippen MR) is 114 cm³/mol. The minimum absolute atomic E-state index is 0.0939. The highest BCUT2D eigenvalue weighted by atomic mass is 35.5. The van der Waals surface area contributed by atoms with Crippen molar-refractivity contribution in [2.75, 3.05) is 11.1 Å². The van der Waals surface area contributed by atoms with E-state index < -0.39 is 6.04 Å². The summed E-state index contributed by atoms with van der Waals surface area (Å²) >= 11 is 7.37. The number of thioether (sulfide) groups is 1. The van der Waals surface area contributed by atoms with Gasteiger partial charge in [-0.05, 0) is 43.7 Å². The van der Waals surface area contributed by atoms with Gasteiger partial charge in [0, 0.05) is 5.56 Å². The van der Waals surface area contributed by atoms with Crippen LogP contribution in [0.25, 0.3) is 0 Å². The minimum atomic E-state index is -0.466. The summed E-state index contributed by atoms with van der Waals surface area (Å²) in [5.74, 6) is 0.317. The van der Waals surface area contributed by atoms with Crippen molar-refractivity contribution in [3.05, 3.63) is 58.6 Å². The minimum Gasteiger partial charge on any atom is -0.324 e. The Balaban J connectivity index is 1.53. The second kappa shape index (κ2) is 7.41. The summed E-state index contributed by atoms with van der Waals surface area (Å²) in [6, 6.07) is 12.5. The third-order valence-electron chi connectivity index (χ3n) is 4.39. The van der Waals surface area contributed by atoms with Gasteiger partial charge in [0.25, 0.3) is 5.91 Å². The predicted octanol–water partition coefficient (Wildman–Crippen LogP) is 4.00. The lowest BCUT2D eigenvalue weighted by Gasteiger charge is -2.25. The van der Waals surface area contributed by atoms with E-state index in [2.05, 4.69) is 15.3 Å². The zero-order valence-electron chi connectivity index (χ0n) is 15.3. The smallest absolute Gasteiger partial charge is 0.258 e. The molecule has 4 rings (SSSR count). The second-order valence-corrected chi connectivity index (χ2v) is 7.88. The second-order valence-electron chi connectivity index (χ2n) is 6.53. The maximum Gasteiger partial charge on any atom is 0.258 e. The molecule has 2 aliphatic heterocycles. The Kier molecular flexibility index (Phi) is 4.95. The maximum absolute atomic E-state index is 12.6. The number of halogens is 1. The van der Waals surface area contributed by atoms with Crippen LogP contribution in [0, 0.1) is 6.92 Å². The number of benzene rings is 2. The number of amidine groups is 2. The van der Waals surface area contributed by atoms with Crippen LogP contribution in [0.3, 0.4) is 0 Å². The lowest BCUT2D eigenvalue weighted by molar-refractivity contribution is -0.124. The molecule has 2 heterocycles. The molecule has 1 atom stereocenters.